The summed E-state index contributed by atoms with van der Waals surface area (Å²) in [4.78, 5) is 11.2. The minimum absolute atomic E-state index is 0.194. The van der Waals surface area contributed by atoms with E-state index in [1.807, 2.05) is 0 Å². The van der Waals surface area contributed by atoms with Crippen molar-refractivity contribution >= 4 is 32.7 Å². The molecular weight excluding hydrogens is 505 g/mol. The molecule has 1 aliphatic heterocycles. The van der Waals surface area contributed by atoms with E-state index in [1.165, 1.54) is 80.4 Å². The van der Waals surface area contributed by atoms with Crippen LogP contribution in [0.2, 0.25) is 0 Å². The molecule has 0 bridgehead atoms. The Hall–Kier alpha value is -1.03. The molecule has 2 unspecified atom stereocenters. The van der Waals surface area contributed by atoms with Gasteiger partial charge in [0, 0.05) is 19.5 Å². The molecule has 3 aromatic rings. The van der Waals surface area contributed by atoms with E-state index in [2.05, 4.69) is 108 Å². The predicted octanol–water partition coefficient (Wildman–Crippen LogP) is 12.4. The molecular formula is C34H50S3. The van der Waals surface area contributed by atoms with Gasteiger partial charge in [0.25, 0.3) is 0 Å². The van der Waals surface area contributed by atoms with Crippen LogP contribution in [0, 0.1) is 12.8 Å². The van der Waals surface area contributed by atoms with E-state index in [-0.39, 0.29) is 5.41 Å². The first-order valence-corrected chi connectivity index (χ1v) is 18.3. The molecule has 1 aliphatic rings. The maximum Gasteiger partial charge on any atom is 0.0584 e. The van der Waals surface area contributed by atoms with Crippen molar-refractivity contribution in [1.29, 1.82) is 0 Å². The number of rotatable bonds is 13. The molecule has 0 aliphatic carbocycles. The molecule has 4 rings (SSSR count). The van der Waals surface area contributed by atoms with Crippen LogP contribution in [-0.4, -0.2) is 5.75 Å². The van der Waals surface area contributed by atoms with E-state index in [4.69, 9.17) is 0 Å². The Kier molecular flexibility index (Phi) is 9.73. The van der Waals surface area contributed by atoms with Gasteiger partial charge >= 0.3 is 0 Å². The zero-order valence-corrected chi connectivity index (χ0v) is 27.0. The minimum Gasteiger partial charge on any atom is -0.157 e. The second-order valence-electron chi connectivity index (χ2n) is 12.3. The molecule has 2 aromatic heterocycles. The molecule has 0 amide bonds. The smallest absolute Gasteiger partial charge is 0.0584 e. The van der Waals surface area contributed by atoms with Gasteiger partial charge in [0.15, 0.2) is 0 Å². The van der Waals surface area contributed by atoms with Gasteiger partial charge in [-0.05, 0) is 78.0 Å². The number of benzene rings is 1. The standard InChI is InChI=1S/C34H50S3/c1-8-11-13-14-17-27(16-12-9-2)24-37(28-20-18-26(15-10-3)19-21-28)29-22-25(4)35-32(29)33-30(37)23-31(36-33)34(5,6)7/h18-23,27H,8-17,24H2,1-7H3. The van der Waals surface area contributed by atoms with Gasteiger partial charge in [-0.1, -0.05) is 98.6 Å². The second kappa shape index (κ2) is 12.4. The van der Waals surface area contributed by atoms with Crippen LogP contribution in [0.3, 0.4) is 0 Å². The van der Waals surface area contributed by atoms with Gasteiger partial charge in [-0.3, -0.25) is 0 Å². The Morgan fingerprint density at radius 1 is 0.757 bits per heavy atom. The molecule has 0 spiro atoms. The van der Waals surface area contributed by atoms with Crippen molar-refractivity contribution in [3.05, 3.63) is 51.7 Å². The Morgan fingerprint density at radius 3 is 2.05 bits per heavy atom. The van der Waals surface area contributed by atoms with Crippen LogP contribution in [0.5, 0.6) is 0 Å². The van der Waals surface area contributed by atoms with Crippen molar-refractivity contribution in [2.45, 2.75) is 133 Å². The number of hydrogen-bond donors (Lipinski definition) is 0. The third-order valence-corrected chi connectivity index (χ3v) is 15.2. The zero-order chi connectivity index (χ0) is 26.6. The lowest BCUT2D eigenvalue weighted by molar-refractivity contribution is 0.449. The first-order chi connectivity index (χ1) is 17.7. The minimum atomic E-state index is -1.26. The monoisotopic (exact) mass is 554 g/mol. The molecule has 3 heterocycles. The summed E-state index contributed by atoms with van der Waals surface area (Å²) in [5.74, 6) is 2.14. The number of hydrogen-bond acceptors (Lipinski definition) is 2. The molecule has 0 N–H and O–H groups in total. The Labute approximate surface area is 237 Å². The summed E-state index contributed by atoms with van der Waals surface area (Å²) in [6, 6.07) is 15.2. The van der Waals surface area contributed by atoms with Crippen LogP contribution in [0.15, 0.2) is 51.1 Å². The molecule has 37 heavy (non-hydrogen) atoms. The largest absolute Gasteiger partial charge is 0.157 e. The van der Waals surface area contributed by atoms with Gasteiger partial charge in [0.1, 0.15) is 0 Å². The van der Waals surface area contributed by atoms with Crippen LogP contribution < -0.4 is 0 Å². The lowest BCUT2D eigenvalue weighted by Gasteiger charge is -2.41. The van der Waals surface area contributed by atoms with Crippen molar-refractivity contribution < 1.29 is 0 Å². The molecule has 0 radical (unpaired) electrons. The third-order valence-electron chi connectivity index (χ3n) is 8.00. The van der Waals surface area contributed by atoms with Gasteiger partial charge in [-0.25, -0.2) is 0 Å². The number of unbranched alkanes of at least 4 members (excludes halogenated alkanes) is 4. The molecule has 3 heteroatoms. The van der Waals surface area contributed by atoms with Gasteiger partial charge < -0.3 is 0 Å². The SMILES string of the molecule is CCCCCCC(CCCC)CS1(c2ccc(CCC)cc2)c2cc(C)sc2-c2sc(C(C)(C)C)cc21. The number of thiophene rings is 2. The summed E-state index contributed by atoms with van der Waals surface area (Å²) in [5, 5.41) is 0. The van der Waals surface area contributed by atoms with Gasteiger partial charge in [-0.2, -0.15) is 10.0 Å². The third kappa shape index (κ3) is 6.10. The molecule has 2 atom stereocenters. The van der Waals surface area contributed by atoms with E-state index in [0.717, 1.165) is 5.92 Å². The fourth-order valence-corrected chi connectivity index (χ4v) is 13.9. The average molecular weight is 555 g/mol. The fraction of sp³-hybridized carbons (Fsp3) is 0.588. The highest BCUT2D eigenvalue weighted by Gasteiger charge is 2.45. The summed E-state index contributed by atoms with van der Waals surface area (Å²) >= 11 is 4.15. The highest BCUT2D eigenvalue weighted by atomic mass is 32.3. The van der Waals surface area contributed by atoms with Gasteiger partial charge in [0.2, 0.25) is 0 Å². The van der Waals surface area contributed by atoms with Crippen molar-refractivity contribution in [2.24, 2.45) is 5.92 Å². The van der Waals surface area contributed by atoms with Crippen molar-refractivity contribution in [3.8, 4) is 9.75 Å². The fourth-order valence-electron chi connectivity index (χ4n) is 5.91. The quantitative estimate of drug-likeness (QED) is 0.184. The van der Waals surface area contributed by atoms with Crippen LogP contribution in [0.4, 0.5) is 0 Å². The van der Waals surface area contributed by atoms with E-state index in [0.29, 0.717) is 0 Å². The van der Waals surface area contributed by atoms with E-state index < -0.39 is 10.0 Å². The molecule has 204 valence electrons. The highest BCUT2D eigenvalue weighted by molar-refractivity contribution is 8.34. The lowest BCUT2D eigenvalue weighted by Crippen LogP contribution is -2.15. The van der Waals surface area contributed by atoms with Crippen molar-refractivity contribution in [3.63, 3.8) is 0 Å². The normalized spacial score (nSPS) is 19.4. The molecule has 0 fully saturated rings. The predicted molar refractivity (Wildman–Crippen MR) is 171 cm³/mol. The summed E-state index contributed by atoms with van der Waals surface area (Å²) in [7, 11) is -1.26. The van der Waals surface area contributed by atoms with Crippen molar-refractivity contribution in [1.82, 2.24) is 0 Å². The lowest BCUT2D eigenvalue weighted by atomic mass is 9.95. The highest BCUT2D eigenvalue weighted by Crippen LogP contribution is 2.79. The van der Waals surface area contributed by atoms with Crippen LogP contribution >= 0.6 is 32.7 Å². The topological polar surface area (TPSA) is 0 Å². The van der Waals surface area contributed by atoms with E-state index in [9.17, 15) is 0 Å². The van der Waals surface area contributed by atoms with Gasteiger partial charge in [-0.15, -0.1) is 22.7 Å². The molecule has 0 saturated carbocycles. The summed E-state index contributed by atoms with van der Waals surface area (Å²) in [5.41, 5.74) is 1.68. The molecule has 0 saturated heterocycles. The maximum absolute atomic E-state index is 2.66. The van der Waals surface area contributed by atoms with Crippen LogP contribution in [-0.2, 0) is 11.8 Å². The van der Waals surface area contributed by atoms with Crippen LogP contribution in [0.25, 0.3) is 9.75 Å². The summed E-state index contributed by atoms with van der Waals surface area (Å²) in [6.45, 7) is 16.5. The van der Waals surface area contributed by atoms with Crippen LogP contribution in [0.1, 0.15) is 115 Å². The first-order valence-electron chi connectivity index (χ1n) is 14.9. The second-order valence-corrected chi connectivity index (χ2v) is 17.7. The first kappa shape index (κ1) is 29.0. The maximum atomic E-state index is 2.66. The number of aryl methyl sites for hydroxylation is 2. The Morgan fingerprint density at radius 2 is 1.41 bits per heavy atom. The van der Waals surface area contributed by atoms with E-state index >= 15 is 0 Å². The zero-order valence-electron chi connectivity index (χ0n) is 24.5. The molecule has 1 aromatic carbocycles. The summed E-state index contributed by atoms with van der Waals surface area (Å²) < 4.78 is 0. The van der Waals surface area contributed by atoms with Crippen molar-refractivity contribution in [2.75, 3.05) is 5.75 Å². The summed E-state index contributed by atoms with van der Waals surface area (Å²) in [6.07, 6.45) is 13.3. The Balaban J connectivity index is 1.86. The molecule has 0 nitrogen and oxygen atoms in total. The number of fused-ring (bicyclic) bond motifs is 3. The Bertz CT molecular complexity index is 1140. The average Bonchev–Trinajstić information content (AvgIpc) is 3.53. The van der Waals surface area contributed by atoms with Gasteiger partial charge in [0.05, 0.1) is 9.75 Å². The van der Waals surface area contributed by atoms with E-state index in [1.54, 1.807) is 29.3 Å².